The number of nitrogens with two attached hydrogens (primary N) is 1. The maximum absolute atomic E-state index is 9.12. The third kappa shape index (κ3) is 23.2. The summed E-state index contributed by atoms with van der Waals surface area (Å²) >= 11 is 0. The first-order chi connectivity index (χ1) is 7.68. The van der Waals surface area contributed by atoms with E-state index in [4.69, 9.17) is 35.3 Å². The fraction of sp³-hybridized carbons (Fsp3) is 0.889. The molecule has 0 radical (unpaired) electrons. The van der Waals surface area contributed by atoms with Crippen molar-refractivity contribution in [2.75, 3.05) is 46.2 Å². The van der Waals surface area contributed by atoms with E-state index >= 15 is 0 Å². The fourth-order valence-corrected chi connectivity index (χ4v) is 0.572. The second-order valence-corrected chi connectivity index (χ2v) is 2.64. The van der Waals surface area contributed by atoms with E-state index in [1.165, 1.54) is 0 Å². The molecule has 0 rings (SSSR count). The first-order valence-corrected chi connectivity index (χ1v) is 4.98. The van der Waals surface area contributed by atoms with Crippen LogP contribution in [-0.2, 0) is 14.3 Å². The van der Waals surface area contributed by atoms with E-state index in [9.17, 15) is 0 Å². The van der Waals surface area contributed by atoms with E-state index in [0.29, 0.717) is 33.0 Å². The number of aliphatic hydroxyl groups excluding tert-OH is 2. The summed E-state index contributed by atoms with van der Waals surface area (Å²) in [7, 11) is 0. The topological polar surface area (TPSA) is 122 Å². The van der Waals surface area contributed by atoms with E-state index in [2.05, 4.69) is 0 Å². The largest absolute Gasteiger partial charge is 0.480 e. The van der Waals surface area contributed by atoms with Crippen LogP contribution in [0, 0.1) is 0 Å². The van der Waals surface area contributed by atoms with Gasteiger partial charge in [0.05, 0.1) is 26.4 Å². The molecule has 0 aliphatic heterocycles. The molecule has 0 unspecified atom stereocenters. The number of carboxylic acid groups (broad SMARTS) is 1. The second kappa shape index (κ2) is 16.7. The van der Waals surface area contributed by atoms with Crippen molar-refractivity contribution in [1.82, 2.24) is 0 Å². The smallest absolute Gasteiger partial charge is 0.329 e. The van der Waals surface area contributed by atoms with Crippen LogP contribution in [0.1, 0.15) is 6.42 Å². The molecule has 0 aromatic heterocycles. The molecule has 0 aromatic rings. The van der Waals surface area contributed by atoms with Gasteiger partial charge in [-0.15, -0.1) is 0 Å². The number of hydrogen-bond acceptors (Lipinski definition) is 6. The molecule has 7 nitrogen and oxygen atoms in total. The van der Waals surface area contributed by atoms with Crippen LogP contribution in [-0.4, -0.2) is 67.5 Å². The monoisotopic (exact) mass is 239 g/mol. The van der Waals surface area contributed by atoms with Crippen molar-refractivity contribution in [2.45, 2.75) is 6.42 Å². The van der Waals surface area contributed by atoms with Gasteiger partial charge in [-0.1, -0.05) is 0 Å². The number of aliphatic carboxylic acids is 1. The number of ether oxygens (including phenoxy) is 2. The Balaban J connectivity index is 0. The van der Waals surface area contributed by atoms with Gasteiger partial charge >= 0.3 is 5.97 Å². The Morgan fingerprint density at radius 1 is 1.06 bits per heavy atom. The van der Waals surface area contributed by atoms with Gasteiger partial charge in [0.2, 0.25) is 0 Å². The zero-order valence-corrected chi connectivity index (χ0v) is 9.30. The van der Waals surface area contributed by atoms with Crippen molar-refractivity contribution in [3.05, 3.63) is 0 Å². The molecule has 7 heteroatoms. The summed E-state index contributed by atoms with van der Waals surface area (Å²) in [5, 5.41) is 23.3. The summed E-state index contributed by atoms with van der Waals surface area (Å²) < 4.78 is 10.1. The molecule has 0 heterocycles. The first-order valence-electron chi connectivity index (χ1n) is 4.98. The van der Waals surface area contributed by atoms with E-state index < -0.39 is 12.6 Å². The van der Waals surface area contributed by atoms with E-state index in [-0.39, 0.29) is 6.61 Å². The maximum Gasteiger partial charge on any atom is 0.329 e. The summed E-state index contributed by atoms with van der Waals surface area (Å²) in [6.07, 6.45) is 0.889. The Labute approximate surface area is 94.8 Å². The summed E-state index contributed by atoms with van der Waals surface area (Å²) in [4.78, 5) is 9.12. The quantitative estimate of drug-likeness (QED) is 0.358. The molecule has 0 fully saturated rings. The second-order valence-electron chi connectivity index (χ2n) is 2.64. The van der Waals surface area contributed by atoms with Crippen molar-refractivity contribution >= 4 is 5.97 Å². The van der Waals surface area contributed by atoms with Crippen molar-refractivity contribution in [2.24, 2.45) is 5.73 Å². The van der Waals surface area contributed by atoms with Crippen LogP contribution in [0.3, 0.4) is 0 Å². The van der Waals surface area contributed by atoms with Crippen LogP contribution in [0.25, 0.3) is 0 Å². The van der Waals surface area contributed by atoms with Crippen molar-refractivity contribution < 1.29 is 29.6 Å². The molecule has 0 saturated carbocycles. The maximum atomic E-state index is 9.12. The fourth-order valence-electron chi connectivity index (χ4n) is 0.572. The van der Waals surface area contributed by atoms with Crippen molar-refractivity contribution in [3.8, 4) is 0 Å². The predicted molar refractivity (Wildman–Crippen MR) is 57.1 cm³/mol. The van der Waals surface area contributed by atoms with Gasteiger partial charge in [0.25, 0.3) is 0 Å². The summed E-state index contributed by atoms with van der Waals surface area (Å²) in [5.74, 6) is -1.19. The lowest BCUT2D eigenvalue weighted by Gasteiger charge is -2.02. The lowest BCUT2D eigenvalue weighted by atomic mass is 10.5. The Hall–Kier alpha value is -0.730. The molecule has 16 heavy (non-hydrogen) atoms. The molecule has 5 N–H and O–H groups in total. The first kappa shape index (κ1) is 17.7. The molecule has 0 aliphatic rings. The standard InChI is InChI=1S/C7H17NO3.C2H4O3/c8-2-1-4-10-6-7-11-5-3-9;3-1-2(4)5/h9H,1-8H2;3H,1H2,(H,4,5). The zero-order valence-electron chi connectivity index (χ0n) is 9.30. The lowest BCUT2D eigenvalue weighted by molar-refractivity contribution is -0.140. The highest BCUT2D eigenvalue weighted by Gasteiger charge is 1.87. The zero-order chi connectivity index (χ0) is 12.6. The van der Waals surface area contributed by atoms with Gasteiger partial charge in [-0.2, -0.15) is 0 Å². The minimum atomic E-state index is -1.19. The minimum Gasteiger partial charge on any atom is -0.480 e. The minimum absolute atomic E-state index is 0.0722. The molecule has 0 bridgehead atoms. The highest BCUT2D eigenvalue weighted by Crippen LogP contribution is 1.80. The average Bonchev–Trinajstić information content (AvgIpc) is 2.29. The van der Waals surface area contributed by atoms with Crippen LogP contribution >= 0.6 is 0 Å². The van der Waals surface area contributed by atoms with Gasteiger partial charge in [-0.3, -0.25) is 0 Å². The molecule has 0 amide bonds. The summed E-state index contributed by atoms with van der Waals surface area (Å²) in [6, 6.07) is 0. The SMILES string of the molecule is NCCCOCCOCCO.O=C(O)CO. The Bertz CT molecular complexity index is 136. The lowest BCUT2D eigenvalue weighted by Crippen LogP contribution is -2.10. The predicted octanol–water partition coefficient (Wildman–Crippen LogP) is -1.58. The summed E-state index contributed by atoms with van der Waals surface area (Å²) in [6.45, 7) is 2.17. The summed E-state index contributed by atoms with van der Waals surface area (Å²) in [5.41, 5.74) is 5.25. The van der Waals surface area contributed by atoms with Gasteiger partial charge in [0, 0.05) is 6.61 Å². The molecular weight excluding hydrogens is 218 g/mol. The molecule has 0 aliphatic carbocycles. The van der Waals surface area contributed by atoms with Gasteiger partial charge in [-0.05, 0) is 13.0 Å². The number of hydrogen-bond donors (Lipinski definition) is 4. The van der Waals surface area contributed by atoms with Crippen LogP contribution in [0.5, 0.6) is 0 Å². The van der Waals surface area contributed by atoms with Crippen LogP contribution in [0.4, 0.5) is 0 Å². The third-order valence-electron chi connectivity index (χ3n) is 1.24. The number of carboxylic acids is 1. The van der Waals surface area contributed by atoms with Gasteiger partial charge in [0.15, 0.2) is 0 Å². The van der Waals surface area contributed by atoms with E-state index in [1.54, 1.807) is 0 Å². The molecular formula is C9H21NO6. The number of rotatable bonds is 9. The molecule has 0 aromatic carbocycles. The average molecular weight is 239 g/mol. The molecule has 0 spiro atoms. The van der Waals surface area contributed by atoms with E-state index in [0.717, 1.165) is 6.42 Å². The van der Waals surface area contributed by atoms with Crippen molar-refractivity contribution in [1.29, 1.82) is 0 Å². The normalized spacial score (nSPS) is 9.44. The van der Waals surface area contributed by atoms with Crippen molar-refractivity contribution in [3.63, 3.8) is 0 Å². The Morgan fingerprint density at radius 2 is 1.56 bits per heavy atom. The molecule has 98 valence electrons. The Kier molecular flexibility index (Phi) is 18.4. The van der Waals surface area contributed by atoms with Crippen LogP contribution in [0.2, 0.25) is 0 Å². The Morgan fingerprint density at radius 3 is 1.94 bits per heavy atom. The molecule has 0 atom stereocenters. The number of carbonyl (C=O) groups is 1. The number of aliphatic hydroxyl groups is 2. The van der Waals surface area contributed by atoms with Gasteiger partial charge in [-0.25, -0.2) is 4.79 Å². The van der Waals surface area contributed by atoms with E-state index in [1.807, 2.05) is 0 Å². The van der Waals surface area contributed by atoms with Crippen LogP contribution in [0.15, 0.2) is 0 Å². The van der Waals surface area contributed by atoms with Gasteiger partial charge < -0.3 is 30.5 Å². The van der Waals surface area contributed by atoms with Gasteiger partial charge in [0.1, 0.15) is 6.61 Å². The third-order valence-corrected chi connectivity index (χ3v) is 1.24. The highest BCUT2D eigenvalue weighted by atomic mass is 16.5. The van der Waals surface area contributed by atoms with Crippen LogP contribution < -0.4 is 5.73 Å². The highest BCUT2D eigenvalue weighted by molar-refractivity contribution is 5.67. The molecule has 0 saturated heterocycles.